The van der Waals surface area contributed by atoms with Crippen LogP contribution in [0.4, 0.5) is 0 Å². The van der Waals surface area contributed by atoms with Crippen molar-refractivity contribution in [2.45, 2.75) is 42.3 Å². The second-order valence-corrected chi connectivity index (χ2v) is 6.98. The molecule has 12 heavy (non-hydrogen) atoms. The highest BCUT2D eigenvalue weighted by atomic mass is 79.9. The molecule has 0 amide bonds. The van der Waals surface area contributed by atoms with E-state index in [0.29, 0.717) is 9.15 Å². The number of rotatable bonds is 1. The van der Waals surface area contributed by atoms with Crippen molar-refractivity contribution in [1.29, 1.82) is 0 Å². The van der Waals surface area contributed by atoms with E-state index in [4.69, 9.17) is 0 Å². The van der Waals surface area contributed by atoms with Crippen LogP contribution in [0, 0.1) is 5.92 Å². The van der Waals surface area contributed by atoms with Gasteiger partial charge in [-0.3, -0.25) is 0 Å². The monoisotopic (exact) mass is 294 g/mol. The van der Waals surface area contributed by atoms with Crippen LogP contribution in [0.1, 0.15) is 33.1 Å². The molecule has 0 bridgehead atoms. The molecule has 0 aromatic rings. The molecule has 0 aliphatic heterocycles. The lowest BCUT2D eigenvalue weighted by atomic mass is 9.80. The summed E-state index contributed by atoms with van der Waals surface area (Å²) >= 11 is 7.49. The fourth-order valence-corrected chi connectivity index (χ4v) is 2.77. The Labute approximate surface area is 92.1 Å². The summed E-state index contributed by atoms with van der Waals surface area (Å²) in [7, 11) is 0. The van der Waals surface area contributed by atoms with Crippen molar-refractivity contribution < 1.29 is 0 Å². The first kappa shape index (κ1) is 10.8. The van der Waals surface area contributed by atoms with E-state index in [0.717, 1.165) is 5.92 Å². The number of alkyl halides is 2. The molecular weight excluding hydrogens is 280 g/mol. The van der Waals surface area contributed by atoms with Crippen molar-refractivity contribution >= 4 is 31.9 Å². The van der Waals surface area contributed by atoms with Gasteiger partial charge in [-0.05, 0) is 39.0 Å². The van der Waals surface area contributed by atoms with Gasteiger partial charge in [0.15, 0.2) is 0 Å². The maximum atomic E-state index is 4.02. The average Bonchev–Trinajstić information content (AvgIpc) is 1.94. The van der Waals surface area contributed by atoms with Crippen molar-refractivity contribution in [1.82, 2.24) is 0 Å². The number of halogens is 2. The molecule has 0 unspecified atom stereocenters. The molecule has 1 fully saturated rings. The van der Waals surface area contributed by atoms with E-state index in [-0.39, 0.29) is 0 Å². The lowest BCUT2D eigenvalue weighted by Crippen LogP contribution is -2.35. The van der Waals surface area contributed by atoms with E-state index in [9.17, 15) is 0 Å². The second kappa shape index (κ2) is 3.83. The van der Waals surface area contributed by atoms with Crippen molar-refractivity contribution in [2.24, 2.45) is 5.92 Å². The van der Waals surface area contributed by atoms with Gasteiger partial charge in [-0.25, -0.2) is 0 Å². The summed E-state index contributed by atoms with van der Waals surface area (Å²) in [5, 5.41) is 0. The Balaban J connectivity index is 2.58. The molecule has 0 heterocycles. The fourth-order valence-electron chi connectivity index (χ4n) is 1.67. The van der Waals surface area contributed by atoms with Gasteiger partial charge in [-0.2, -0.15) is 0 Å². The average molecular weight is 296 g/mol. The molecule has 1 saturated carbocycles. The van der Waals surface area contributed by atoms with E-state index in [1.54, 1.807) is 0 Å². The van der Waals surface area contributed by atoms with Gasteiger partial charge in [0.2, 0.25) is 0 Å². The third-order valence-corrected chi connectivity index (χ3v) is 5.77. The van der Waals surface area contributed by atoms with E-state index in [2.05, 4.69) is 52.3 Å². The van der Waals surface area contributed by atoms with E-state index >= 15 is 0 Å². The number of hydrogen-bond donors (Lipinski definition) is 0. The van der Waals surface area contributed by atoms with Crippen LogP contribution < -0.4 is 0 Å². The van der Waals surface area contributed by atoms with Crippen LogP contribution in [-0.4, -0.2) is 9.15 Å². The summed E-state index contributed by atoms with van der Waals surface area (Å²) < 4.78 is 0.291. The zero-order valence-corrected chi connectivity index (χ0v) is 10.9. The lowest BCUT2D eigenvalue weighted by Gasteiger charge is -2.37. The minimum absolute atomic E-state index is 0.291. The maximum absolute atomic E-state index is 4.02. The predicted octanol–water partition coefficient (Wildman–Crippen LogP) is 4.28. The van der Waals surface area contributed by atoms with Gasteiger partial charge in [0.25, 0.3) is 0 Å². The molecule has 0 N–H and O–H groups in total. The Hall–Kier alpha value is 0.700. The van der Waals surface area contributed by atoms with E-state index in [1.807, 2.05) is 0 Å². The van der Waals surface area contributed by atoms with Gasteiger partial charge >= 0.3 is 0 Å². The Kier molecular flexibility index (Phi) is 3.44. The van der Waals surface area contributed by atoms with Gasteiger partial charge in [-0.1, -0.05) is 44.0 Å². The van der Waals surface area contributed by atoms with Crippen LogP contribution in [0.3, 0.4) is 0 Å². The lowest BCUT2D eigenvalue weighted by molar-refractivity contribution is 0.368. The van der Waals surface area contributed by atoms with Crippen LogP contribution in [-0.2, 0) is 0 Å². The highest BCUT2D eigenvalue weighted by molar-refractivity contribution is 9.12. The van der Waals surface area contributed by atoms with Gasteiger partial charge in [0.1, 0.15) is 0 Å². The van der Waals surface area contributed by atoms with Crippen LogP contribution >= 0.6 is 31.9 Å². The van der Waals surface area contributed by atoms with E-state index in [1.165, 1.54) is 24.8 Å². The van der Waals surface area contributed by atoms with Crippen molar-refractivity contribution in [2.75, 3.05) is 0 Å². The topological polar surface area (TPSA) is 0 Å². The third kappa shape index (κ3) is 2.35. The molecule has 1 aliphatic carbocycles. The molecule has 1 rings (SSSR count). The molecule has 3 atom stereocenters. The quantitative estimate of drug-likeness (QED) is 0.500. The van der Waals surface area contributed by atoms with Crippen LogP contribution in [0.2, 0.25) is 0 Å². The van der Waals surface area contributed by atoms with Gasteiger partial charge in [-0.15, -0.1) is 0 Å². The Morgan fingerprint density at radius 3 is 2.58 bits per heavy atom. The van der Waals surface area contributed by atoms with Crippen LogP contribution in [0.5, 0.6) is 0 Å². The Morgan fingerprint density at radius 1 is 1.58 bits per heavy atom. The Bertz CT molecular complexity index is 184. The van der Waals surface area contributed by atoms with Gasteiger partial charge in [0.05, 0.1) is 0 Å². The molecule has 0 saturated heterocycles. The molecule has 0 radical (unpaired) electrons. The molecule has 2 heteroatoms. The largest absolute Gasteiger partial charge is 0.0999 e. The molecule has 70 valence electrons. The standard InChI is InChI=1S/C10H16Br2/c1-7(2)8-4-5-10(3,12)9(11)6-8/h8-9H,1,4-6H2,2-3H3/t8-,9+,10+/m1/s1. The zero-order valence-electron chi connectivity index (χ0n) is 7.74. The first-order chi connectivity index (χ1) is 5.43. The Morgan fingerprint density at radius 2 is 2.17 bits per heavy atom. The molecule has 0 aromatic heterocycles. The summed E-state index contributed by atoms with van der Waals surface area (Å²) in [6, 6.07) is 0. The molecule has 1 aliphatic rings. The first-order valence-electron chi connectivity index (χ1n) is 4.42. The van der Waals surface area contributed by atoms with Crippen molar-refractivity contribution in [3.63, 3.8) is 0 Å². The van der Waals surface area contributed by atoms with Crippen molar-refractivity contribution in [3.05, 3.63) is 12.2 Å². The normalized spacial score (nSPS) is 42.7. The predicted molar refractivity (Wildman–Crippen MR) is 62.2 cm³/mol. The number of allylic oxidation sites excluding steroid dienone is 1. The first-order valence-corrected chi connectivity index (χ1v) is 6.13. The summed E-state index contributed by atoms with van der Waals surface area (Å²) in [4.78, 5) is 0.584. The second-order valence-electron chi connectivity index (χ2n) is 4.06. The summed E-state index contributed by atoms with van der Waals surface area (Å²) in [5.74, 6) is 0.722. The minimum atomic E-state index is 0.291. The SMILES string of the molecule is C=C(C)[C@@H]1CC[C@](C)(Br)[C@@H](Br)C1. The molecule has 0 aromatic carbocycles. The highest BCUT2D eigenvalue weighted by Crippen LogP contribution is 2.43. The van der Waals surface area contributed by atoms with Crippen molar-refractivity contribution in [3.8, 4) is 0 Å². The van der Waals surface area contributed by atoms with E-state index < -0.39 is 0 Å². The third-order valence-electron chi connectivity index (χ3n) is 2.82. The smallest absolute Gasteiger partial charge is 0.0355 e. The summed E-state index contributed by atoms with van der Waals surface area (Å²) in [6.45, 7) is 8.43. The summed E-state index contributed by atoms with van der Waals surface area (Å²) in [5.41, 5.74) is 1.34. The number of hydrogen-bond acceptors (Lipinski definition) is 0. The molecule has 0 nitrogen and oxygen atoms in total. The van der Waals surface area contributed by atoms with Crippen LogP contribution in [0.25, 0.3) is 0 Å². The fraction of sp³-hybridized carbons (Fsp3) is 0.800. The molecular formula is C10H16Br2. The van der Waals surface area contributed by atoms with Gasteiger partial charge < -0.3 is 0 Å². The zero-order chi connectivity index (χ0) is 9.35. The van der Waals surface area contributed by atoms with Gasteiger partial charge in [0, 0.05) is 9.15 Å². The molecule has 0 spiro atoms. The summed E-state index contributed by atoms with van der Waals surface area (Å²) in [6.07, 6.45) is 3.73. The highest BCUT2D eigenvalue weighted by Gasteiger charge is 2.36. The minimum Gasteiger partial charge on any atom is -0.0999 e. The van der Waals surface area contributed by atoms with Crippen LogP contribution in [0.15, 0.2) is 12.2 Å². The maximum Gasteiger partial charge on any atom is 0.0355 e.